The lowest BCUT2D eigenvalue weighted by molar-refractivity contribution is -0.149. The smallest absolute Gasteiger partial charge is 0.317 e. The first-order valence-corrected chi connectivity index (χ1v) is 8.05. The number of rotatable bonds is 4. The van der Waals surface area contributed by atoms with Gasteiger partial charge in [0.05, 0.1) is 12.5 Å². The third kappa shape index (κ3) is 4.76. The van der Waals surface area contributed by atoms with E-state index in [0.29, 0.717) is 38.5 Å². The highest BCUT2D eigenvalue weighted by Gasteiger charge is 2.28. The lowest BCUT2D eigenvalue weighted by Crippen LogP contribution is -2.46. The summed E-state index contributed by atoms with van der Waals surface area (Å²) in [5, 5.41) is 3.03. The molecule has 1 aliphatic carbocycles. The van der Waals surface area contributed by atoms with E-state index in [1.165, 1.54) is 0 Å². The molecule has 2 amide bonds. The van der Waals surface area contributed by atoms with E-state index >= 15 is 0 Å². The maximum Gasteiger partial charge on any atom is 0.317 e. The van der Waals surface area contributed by atoms with Crippen LogP contribution >= 0.6 is 0 Å². The van der Waals surface area contributed by atoms with Crippen LogP contribution in [0.3, 0.4) is 0 Å². The molecule has 1 heterocycles. The zero-order valence-electron chi connectivity index (χ0n) is 12.8. The number of hydrogen-bond donors (Lipinski definition) is 1. The average Bonchev–Trinajstić information content (AvgIpc) is 2.54. The van der Waals surface area contributed by atoms with E-state index in [9.17, 15) is 9.59 Å². The lowest BCUT2D eigenvalue weighted by atomic mass is 9.94. The minimum atomic E-state index is -0.119. The van der Waals surface area contributed by atoms with Crippen molar-refractivity contribution < 1.29 is 14.3 Å². The Kier molecular flexibility index (Phi) is 6.08. The van der Waals surface area contributed by atoms with Crippen LogP contribution < -0.4 is 5.32 Å². The molecule has 0 aromatic heterocycles. The maximum atomic E-state index is 12.1. The van der Waals surface area contributed by atoms with E-state index < -0.39 is 0 Å². The number of allylic oxidation sites excluding steroid dienone is 2. The van der Waals surface area contributed by atoms with Crippen LogP contribution in [-0.2, 0) is 9.53 Å². The Morgan fingerprint density at radius 1 is 1.24 bits per heavy atom. The number of nitrogens with zero attached hydrogens (tertiary/aromatic N) is 1. The number of carbonyl (C=O) groups is 2. The van der Waals surface area contributed by atoms with Crippen LogP contribution in [0.4, 0.5) is 4.79 Å². The molecule has 1 aliphatic heterocycles. The Labute approximate surface area is 126 Å². The normalized spacial score (nSPS) is 22.9. The molecule has 118 valence electrons. The number of likely N-dealkylation sites (tertiary alicyclic amines) is 1. The van der Waals surface area contributed by atoms with Crippen molar-refractivity contribution in [3.63, 3.8) is 0 Å². The third-order valence-corrected chi connectivity index (χ3v) is 4.32. The molecule has 2 aliphatic rings. The molecule has 0 spiro atoms. The van der Waals surface area contributed by atoms with E-state index in [1.54, 1.807) is 0 Å². The summed E-state index contributed by atoms with van der Waals surface area (Å²) in [6, 6.07) is 0.00635. The van der Waals surface area contributed by atoms with Crippen LogP contribution in [0.1, 0.15) is 39.0 Å². The van der Waals surface area contributed by atoms with Gasteiger partial charge in [-0.15, -0.1) is 0 Å². The number of nitrogens with one attached hydrogen (secondary N) is 1. The zero-order chi connectivity index (χ0) is 15.1. The third-order valence-electron chi connectivity index (χ3n) is 4.32. The van der Waals surface area contributed by atoms with Gasteiger partial charge in [0.15, 0.2) is 0 Å². The first-order valence-electron chi connectivity index (χ1n) is 8.05. The monoisotopic (exact) mass is 294 g/mol. The van der Waals surface area contributed by atoms with E-state index in [-0.39, 0.29) is 17.9 Å². The Balaban J connectivity index is 1.68. The van der Waals surface area contributed by atoms with Crippen molar-refractivity contribution in [3.8, 4) is 0 Å². The molecule has 21 heavy (non-hydrogen) atoms. The minimum Gasteiger partial charge on any atom is -0.466 e. The first-order chi connectivity index (χ1) is 10.2. The molecule has 1 fully saturated rings. The summed E-state index contributed by atoms with van der Waals surface area (Å²) in [4.78, 5) is 25.6. The fourth-order valence-electron chi connectivity index (χ4n) is 2.96. The van der Waals surface area contributed by atoms with Crippen LogP contribution in [-0.4, -0.2) is 43.1 Å². The summed E-state index contributed by atoms with van der Waals surface area (Å²) in [6.07, 6.45) is 9.15. The molecule has 0 aromatic rings. The Bertz CT molecular complexity index is 387. The average molecular weight is 294 g/mol. The SMILES string of the molecule is CCOC(=O)C1CCN(C(=O)NCC2CC=CCC2)CC1. The van der Waals surface area contributed by atoms with Gasteiger partial charge in [0, 0.05) is 19.6 Å². The summed E-state index contributed by atoms with van der Waals surface area (Å²) in [5.41, 5.74) is 0. The van der Waals surface area contributed by atoms with Crippen molar-refractivity contribution in [2.24, 2.45) is 11.8 Å². The van der Waals surface area contributed by atoms with Crippen molar-refractivity contribution in [2.45, 2.75) is 39.0 Å². The number of amides is 2. The molecule has 1 unspecified atom stereocenters. The molecule has 0 bridgehead atoms. The zero-order valence-corrected chi connectivity index (χ0v) is 12.8. The number of carbonyl (C=O) groups excluding carboxylic acids is 2. The van der Waals surface area contributed by atoms with Gasteiger partial charge in [0.2, 0.25) is 0 Å². The second-order valence-corrected chi connectivity index (χ2v) is 5.85. The number of urea groups is 1. The van der Waals surface area contributed by atoms with Gasteiger partial charge in [-0.3, -0.25) is 4.79 Å². The van der Waals surface area contributed by atoms with E-state index in [1.807, 2.05) is 11.8 Å². The summed E-state index contributed by atoms with van der Waals surface area (Å²) < 4.78 is 5.04. The first kappa shape index (κ1) is 15.9. The Morgan fingerprint density at radius 2 is 2.00 bits per heavy atom. The number of esters is 1. The van der Waals surface area contributed by atoms with Crippen molar-refractivity contribution in [3.05, 3.63) is 12.2 Å². The van der Waals surface area contributed by atoms with Crippen LogP contribution in [0.15, 0.2) is 12.2 Å². The summed E-state index contributed by atoms with van der Waals surface area (Å²) in [6.45, 7) is 4.27. The van der Waals surface area contributed by atoms with Crippen molar-refractivity contribution >= 4 is 12.0 Å². The predicted molar refractivity (Wildman–Crippen MR) is 80.8 cm³/mol. The summed E-state index contributed by atoms with van der Waals surface area (Å²) in [7, 11) is 0. The highest BCUT2D eigenvalue weighted by Crippen LogP contribution is 2.20. The predicted octanol–water partition coefficient (Wildman–Crippen LogP) is 2.33. The molecule has 1 N–H and O–H groups in total. The van der Waals surface area contributed by atoms with Gasteiger partial charge >= 0.3 is 12.0 Å². The maximum absolute atomic E-state index is 12.1. The fraction of sp³-hybridized carbons (Fsp3) is 0.750. The standard InChI is InChI=1S/C16H26N2O3/c1-2-21-15(19)14-8-10-18(11-9-14)16(20)17-12-13-6-4-3-5-7-13/h3-4,13-14H,2,5-12H2,1H3,(H,17,20). The molecule has 0 radical (unpaired) electrons. The molecule has 2 rings (SSSR count). The number of piperidine rings is 1. The minimum absolute atomic E-state index is 0.00635. The van der Waals surface area contributed by atoms with E-state index in [0.717, 1.165) is 25.8 Å². The molecular formula is C16H26N2O3. The molecule has 1 saturated heterocycles. The van der Waals surface area contributed by atoms with Crippen LogP contribution in [0.25, 0.3) is 0 Å². The molecule has 5 nitrogen and oxygen atoms in total. The van der Waals surface area contributed by atoms with Gasteiger partial charge in [-0.05, 0) is 44.9 Å². The van der Waals surface area contributed by atoms with Crippen molar-refractivity contribution in [1.82, 2.24) is 10.2 Å². The second-order valence-electron chi connectivity index (χ2n) is 5.85. The van der Waals surface area contributed by atoms with Gasteiger partial charge in [0.1, 0.15) is 0 Å². The fourth-order valence-corrected chi connectivity index (χ4v) is 2.96. The lowest BCUT2D eigenvalue weighted by Gasteiger charge is -2.31. The summed E-state index contributed by atoms with van der Waals surface area (Å²) >= 11 is 0. The van der Waals surface area contributed by atoms with Crippen molar-refractivity contribution in [1.29, 1.82) is 0 Å². The highest BCUT2D eigenvalue weighted by molar-refractivity contribution is 5.76. The van der Waals surface area contributed by atoms with Gasteiger partial charge in [0.25, 0.3) is 0 Å². The topological polar surface area (TPSA) is 58.6 Å². The number of ether oxygens (including phenoxy) is 1. The van der Waals surface area contributed by atoms with Crippen molar-refractivity contribution in [2.75, 3.05) is 26.2 Å². The van der Waals surface area contributed by atoms with E-state index in [2.05, 4.69) is 17.5 Å². The van der Waals surface area contributed by atoms with Crippen LogP contribution in [0.5, 0.6) is 0 Å². The molecule has 1 atom stereocenters. The van der Waals surface area contributed by atoms with Gasteiger partial charge in [-0.1, -0.05) is 12.2 Å². The van der Waals surface area contributed by atoms with E-state index in [4.69, 9.17) is 4.74 Å². The molecule has 0 aromatic carbocycles. The summed E-state index contributed by atoms with van der Waals surface area (Å²) in [5.74, 6) is 0.403. The molecule has 5 heteroatoms. The van der Waals surface area contributed by atoms with Crippen LogP contribution in [0.2, 0.25) is 0 Å². The van der Waals surface area contributed by atoms with Crippen LogP contribution in [0, 0.1) is 11.8 Å². The number of hydrogen-bond acceptors (Lipinski definition) is 3. The van der Waals surface area contributed by atoms with Gasteiger partial charge < -0.3 is 15.0 Å². The largest absolute Gasteiger partial charge is 0.466 e. The quantitative estimate of drug-likeness (QED) is 0.639. The van der Waals surface area contributed by atoms with Gasteiger partial charge in [-0.25, -0.2) is 4.79 Å². The molecular weight excluding hydrogens is 268 g/mol. The second kappa shape index (κ2) is 8.05. The van der Waals surface area contributed by atoms with Gasteiger partial charge in [-0.2, -0.15) is 0 Å². The Morgan fingerprint density at radius 3 is 2.62 bits per heavy atom. The Hall–Kier alpha value is -1.52. The molecule has 0 saturated carbocycles. The highest BCUT2D eigenvalue weighted by atomic mass is 16.5.